The molecule has 0 spiro atoms. The van der Waals surface area contributed by atoms with Crippen LogP contribution in [-0.4, -0.2) is 40.6 Å². The van der Waals surface area contributed by atoms with Gasteiger partial charge in [-0.1, -0.05) is 12.8 Å². The molecule has 1 aliphatic carbocycles. The summed E-state index contributed by atoms with van der Waals surface area (Å²) in [5, 5.41) is 4.49. The van der Waals surface area contributed by atoms with E-state index in [1.807, 2.05) is 11.8 Å². The largest absolute Gasteiger partial charge is 0.360 e. The van der Waals surface area contributed by atoms with Gasteiger partial charge in [-0.2, -0.15) is 11.8 Å². The molecule has 2 nitrogen and oxygen atoms in total. The predicted molar refractivity (Wildman–Crippen MR) is 66.9 cm³/mol. The molecule has 0 aromatic heterocycles. The van der Waals surface area contributed by atoms with Crippen LogP contribution in [0.3, 0.4) is 0 Å². The second kappa shape index (κ2) is 5.21. The molecule has 80 valence electrons. The molecule has 0 amide bonds. The van der Waals surface area contributed by atoms with Crippen LogP contribution in [0.2, 0.25) is 0 Å². The predicted octanol–water partition coefficient (Wildman–Crippen LogP) is 1.85. The third-order valence-electron chi connectivity index (χ3n) is 2.98. The van der Waals surface area contributed by atoms with Crippen molar-refractivity contribution in [3.05, 3.63) is 0 Å². The highest BCUT2D eigenvalue weighted by molar-refractivity contribution is 7.99. The molecule has 4 heteroatoms. The SMILES string of the molecule is S=C(NC1CCCC1)N1CCSCC1. The summed E-state index contributed by atoms with van der Waals surface area (Å²) in [6.45, 7) is 2.26. The Hall–Kier alpha value is 0.0400. The first-order chi connectivity index (χ1) is 6.86. The summed E-state index contributed by atoms with van der Waals surface area (Å²) in [6, 6.07) is 0.664. The Morgan fingerprint density at radius 2 is 1.86 bits per heavy atom. The van der Waals surface area contributed by atoms with Crippen molar-refractivity contribution in [2.45, 2.75) is 31.7 Å². The van der Waals surface area contributed by atoms with Crippen LogP contribution < -0.4 is 5.32 Å². The minimum Gasteiger partial charge on any atom is -0.360 e. The molecule has 1 N–H and O–H groups in total. The molecule has 0 bridgehead atoms. The number of hydrogen-bond donors (Lipinski definition) is 1. The van der Waals surface area contributed by atoms with E-state index in [2.05, 4.69) is 10.2 Å². The van der Waals surface area contributed by atoms with Crippen molar-refractivity contribution >= 4 is 29.1 Å². The van der Waals surface area contributed by atoms with Crippen molar-refractivity contribution in [3.8, 4) is 0 Å². The summed E-state index contributed by atoms with van der Waals surface area (Å²) in [6.07, 6.45) is 5.36. The number of thioether (sulfide) groups is 1. The second-order valence-electron chi connectivity index (χ2n) is 4.03. The van der Waals surface area contributed by atoms with E-state index in [0.717, 1.165) is 18.2 Å². The van der Waals surface area contributed by atoms with Gasteiger partial charge in [0.15, 0.2) is 5.11 Å². The van der Waals surface area contributed by atoms with Gasteiger partial charge >= 0.3 is 0 Å². The highest BCUT2D eigenvalue weighted by Gasteiger charge is 2.19. The van der Waals surface area contributed by atoms with Crippen molar-refractivity contribution in [3.63, 3.8) is 0 Å². The van der Waals surface area contributed by atoms with E-state index in [0.29, 0.717) is 6.04 Å². The Bertz CT molecular complexity index is 196. The quantitative estimate of drug-likeness (QED) is 0.691. The maximum Gasteiger partial charge on any atom is 0.169 e. The van der Waals surface area contributed by atoms with Gasteiger partial charge in [-0.25, -0.2) is 0 Å². The van der Waals surface area contributed by atoms with Gasteiger partial charge in [0.05, 0.1) is 0 Å². The molecule has 14 heavy (non-hydrogen) atoms. The summed E-state index contributed by atoms with van der Waals surface area (Å²) < 4.78 is 0. The number of thiocarbonyl (C=S) groups is 1. The minimum absolute atomic E-state index is 0.664. The summed E-state index contributed by atoms with van der Waals surface area (Å²) >= 11 is 7.45. The number of nitrogens with zero attached hydrogens (tertiary/aromatic N) is 1. The molecule has 1 saturated carbocycles. The van der Waals surface area contributed by atoms with Crippen molar-refractivity contribution < 1.29 is 0 Å². The average Bonchev–Trinajstić information content (AvgIpc) is 2.72. The number of rotatable bonds is 1. The molecule has 1 saturated heterocycles. The van der Waals surface area contributed by atoms with Crippen LogP contribution in [0.25, 0.3) is 0 Å². The number of nitrogens with one attached hydrogen (secondary N) is 1. The zero-order chi connectivity index (χ0) is 9.80. The molecule has 2 rings (SSSR count). The van der Waals surface area contributed by atoms with Gasteiger partial charge in [0.1, 0.15) is 0 Å². The highest BCUT2D eigenvalue weighted by Crippen LogP contribution is 2.18. The van der Waals surface area contributed by atoms with Crippen LogP contribution >= 0.6 is 24.0 Å². The molecule has 0 aromatic rings. The molecule has 2 aliphatic rings. The van der Waals surface area contributed by atoms with E-state index < -0.39 is 0 Å². The lowest BCUT2D eigenvalue weighted by Gasteiger charge is -2.30. The molecular formula is C10H18N2S2. The Balaban J connectivity index is 1.75. The lowest BCUT2D eigenvalue weighted by molar-refractivity contribution is 0.441. The Labute approximate surface area is 95.8 Å². The van der Waals surface area contributed by atoms with E-state index >= 15 is 0 Å². The summed E-state index contributed by atoms with van der Waals surface area (Å²) in [5.41, 5.74) is 0. The molecule has 1 aliphatic heterocycles. The van der Waals surface area contributed by atoms with Gasteiger partial charge < -0.3 is 10.2 Å². The molecule has 2 fully saturated rings. The first-order valence-corrected chi connectivity index (χ1v) is 7.06. The van der Waals surface area contributed by atoms with Crippen molar-refractivity contribution in [1.82, 2.24) is 10.2 Å². The van der Waals surface area contributed by atoms with Crippen molar-refractivity contribution in [1.29, 1.82) is 0 Å². The molecule has 0 unspecified atom stereocenters. The van der Waals surface area contributed by atoms with Crippen molar-refractivity contribution in [2.75, 3.05) is 24.6 Å². The normalized spacial score (nSPS) is 23.9. The maximum atomic E-state index is 5.42. The average molecular weight is 230 g/mol. The van der Waals surface area contributed by atoms with Gasteiger partial charge in [0, 0.05) is 30.6 Å². The summed E-state index contributed by atoms with van der Waals surface area (Å²) in [7, 11) is 0. The van der Waals surface area contributed by atoms with Gasteiger partial charge in [-0.3, -0.25) is 0 Å². The minimum atomic E-state index is 0.664. The molecule has 1 heterocycles. The van der Waals surface area contributed by atoms with Gasteiger partial charge in [0.25, 0.3) is 0 Å². The van der Waals surface area contributed by atoms with Crippen LogP contribution in [0.1, 0.15) is 25.7 Å². The molecule has 0 radical (unpaired) electrons. The smallest absolute Gasteiger partial charge is 0.169 e. The van der Waals surface area contributed by atoms with E-state index in [-0.39, 0.29) is 0 Å². The first kappa shape index (κ1) is 10.6. The van der Waals surface area contributed by atoms with Gasteiger partial charge in [0.2, 0.25) is 0 Å². The van der Waals surface area contributed by atoms with Crippen LogP contribution in [0.5, 0.6) is 0 Å². The number of hydrogen-bond acceptors (Lipinski definition) is 2. The summed E-state index contributed by atoms with van der Waals surface area (Å²) in [4.78, 5) is 2.32. The second-order valence-corrected chi connectivity index (χ2v) is 5.64. The fourth-order valence-corrected chi connectivity index (χ4v) is 3.35. The van der Waals surface area contributed by atoms with Crippen molar-refractivity contribution in [2.24, 2.45) is 0 Å². The topological polar surface area (TPSA) is 15.3 Å². The third-order valence-corrected chi connectivity index (χ3v) is 4.30. The lowest BCUT2D eigenvalue weighted by Crippen LogP contribution is -2.47. The zero-order valence-corrected chi connectivity index (χ0v) is 10.1. The van der Waals surface area contributed by atoms with Crippen LogP contribution in [0, 0.1) is 0 Å². The standard InChI is InChI=1S/C10H18N2S2/c13-10(11-9-3-1-2-4-9)12-5-7-14-8-6-12/h9H,1-8H2,(H,11,13). The summed E-state index contributed by atoms with van der Waals surface area (Å²) in [5.74, 6) is 2.46. The fourth-order valence-electron chi connectivity index (χ4n) is 2.10. The van der Waals surface area contributed by atoms with E-state index in [1.165, 1.54) is 37.2 Å². The molecule has 0 atom stereocenters. The van der Waals surface area contributed by atoms with Gasteiger partial charge in [-0.05, 0) is 25.1 Å². The van der Waals surface area contributed by atoms with Crippen LogP contribution in [0.4, 0.5) is 0 Å². The molecule has 0 aromatic carbocycles. The van der Waals surface area contributed by atoms with E-state index in [9.17, 15) is 0 Å². The molecular weight excluding hydrogens is 212 g/mol. The van der Waals surface area contributed by atoms with Crippen LogP contribution in [0.15, 0.2) is 0 Å². The Morgan fingerprint density at radius 1 is 1.21 bits per heavy atom. The zero-order valence-electron chi connectivity index (χ0n) is 8.50. The monoisotopic (exact) mass is 230 g/mol. The Kier molecular flexibility index (Phi) is 3.93. The first-order valence-electron chi connectivity index (χ1n) is 5.49. The maximum absolute atomic E-state index is 5.42. The van der Waals surface area contributed by atoms with E-state index in [1.54, 1.807) is 0 Å². The third kappa shape index (κ3) is 2.76. The van der Waals surface area contributed by atoms with Gasteiger partial charge in [-0.15, -0.1) is 0 Å². The fraction of sp³-hybridized carbons (Fsp3) is 0.900. The Morgan fingerprint density at radius 3 is 2.50 bits per heavy atom. The van der Waals surface area contributed by atoms with Crippen LogP contribution in [-0.2, 0) is 0 Å². The lowest BCUT2D eigenvalue weighted by atomic mass is 10.2. The van der Waals surface area contributed by atoms with E-state index in [4.69, 9.17) is 12.2 Å². The highest BCUT2D eigenvalue weighted by atomic mass is 32.2.